The fourth-order valence-electron chi connectivity index (χ4n) is 0.827. The van der Waals surface area contributed by atoms with Gasteiger partial charge in [-0.05, 0) is 0 Å². The molecule has 0 aliphatic heterocycles. The van der Waals surface area contributed by atoms with Crippen LogP contribution in [0.1, 0.15) is 4.88 Å². The molecule has 1 aromatic rings. The van der Waals surface area contributed by atoms with E-state index in [0.29, 0.717) is 6.20 Å². The summed E-state index contributed by atoms with van der Waals surface area (Å²) in [5.74, 6) is 0. The summed E-state index contributed by atoms with van der Waals surface area (Å²) in [6.07, 6.45) is -9.57. The number of alkyl halides is 6. The van der Waals surface area contributed by atoms with Crippen LogP contribution in [0.25, 0.3) is 0 Å². The van der Waals surface area contributed by atoms with Gasteiger partial charge in [-0.2, -0.15) is 13.2 Å². The molecule has 86 valence electrons. The van der Waals surface area contributed by atoms with Gasteiger partial charge < -0.3 is 5.73 Å². The zero-order valence-corrected chi connectivity index (χ0v) is 7.67. The molecule has 0 aliphatic rings. The predicted molar refractivity (Wildman–Crippen MR) is 41.4 cm³/mol. The maximum Gasteiger partial charge on any atom is 0.433 e. The number of hydrogen-bond acceptors (Lipinski definition) is 3. The second-order valence-corrected chi connectivity index (χ2v) is 3.64. The zero-order chi connectivity index (χ0) is 11.9. The topological polar surface area (TPSA) is 38.9 Å². The molecule has 0 amide bonds. The molecule has 1 aromatic heterocycles. The summed E-state index contributed by atoms with van der Waals surface area (Å²) in [5, 5.41) is -0.406. The average Bonchev–Trinajstić information content (AvgIpc) is 2.48. The smallest absolute Gasteiger partial charge is 0.375 e. The molecule has 1 heterocycles. The van der Waals surface area contributed by atoms with Crippen molar-refractivity contribution >= 4 is 16.5 Å². The Kier molecular flexibility index (Phi) is 2.85. The molecule has 0 saturated carbocycles. The molecular formula is C6H4F6N2S. The first-order valence-corrected chi connectivity index (χ1v) is 4.26. The highest BCUT2D eigenvalue weighted by Crippen LogP contribution is 2.48. The summed E-state index contributed by atoms with van der Waals surface area (Å²) in [6.45, 7) is 0. The number of nitrogens with two attached hydrogens (primary N) is 1. The normalized spacial score (nSPS) is 16.7. The number of aromatic nitrogens is 1. The minimum atomic E-state index is -5.71. The van der Waals surface area contributed by atoms with Gasteiger partial charge >= 0.3 is 11.8 Å². The van der Waals surface area contributed by atoms with E-state index in [0.717, 1.165) is 0 Å². The lowest BCUT2D eigenvalue weighted by atomic mass is 10.1. The molecule has 0 aromatic carbocycles. The van der Waals surface area contributed by atoms with Crippen molar-refractivity contribution in [2.75, 3.05) is 5.73 Å². The SMILES string of the molecule is Nc1ncc(C(F)(C(F)F)C(F)(F)F)s1. The third kappa shape index (κ3) is 1.87. The molecule has 9 heteroatoms. The lowest BCUT2D eigenvalue weighted by molar-refractivity contribution is -0.272. The van der Waals surface area contributed by atoms with Gasteiger partial charge in [0.2, 0.25) is 0 Å². The van der Waals surface area contributed by atoms with E-state index in [-0.39, 0.29) is 11.3 Å². The van der Waals surface area contributed by atoms with Gasteiger partial charge in [-0.25, -0.2) is 18.2 Å². The van der Waals surface area contributed by atoms with Gasteiger partial charge in [-0.3, -0.25) is 0 Å². The first-order chi connectivity index (χ1) is 6.69. The molecule has 2 N–H and O–H groups in total. The molecule has 0 fully saturated rings. The summed E-state index contributed by atoms with van der Waals surface area (Å²) < 4.78 is 73.8. The molecule has 15 heavy (non-hydrogen) atoms. The number of nitrogen functional groups attached to an aromatic ring is 1. The lowest BCUT2D eigenvalue weighted by Crippen LogP contribution is -2.43. The van der Waals surface area contributed by atoms with Crippen molar-refractivity contribution in [2.24, 2.45) is 0 Å². The van der Waals surface area contributed by atoms with Crippen LogP contribution in [-0.4, -0.2) is 17.6 Å². The van der Waals surface area contributed by atoms with Crippen LogP contribution in [0.3, 0.4) is 0 Å². The quantitative estimate of drug-likeness (QED) is 0.819. The number of nitrogens with zero attached hydrogens (tertiary/aromatic N) is 1. The monoisotopic (exact) mass is 250 g/mol. The molecule has 1 atom stereocenters. The third-order valence-electron chi connectivity index (χ3n) is 1.60. The van der Waals surface area contributed by atoms with Crippen molar-refractivity contribution in [2.45, 2.75) is 18.3 Å². The van der Waals surface area contributed by atoms with Crippen LogP contribution in [-0.2, 0) is 5.67 Å². The van der Waals surface area contributed by atoms with Crippen molar-refractivity contribution in [3.05, 3.63) is 11.1 Å². The van der Waals surface area contributed by atoms with Gasteiger partial charge in [0.15, 0.2) is 5.13 Å². The minimum absolute atomic E-state index is 0.0416. The molecule has 0 saturated heterocycles. The Bertz CT molecular complexity index is 348. The molecular weight excluding hydrogens is 246 g/mol. The van der Waals surface area contributed by atoms with Crippen LogP contribution < -0.4 is 5.73 Å². The Labute approximate surface area is 83.7 Å². The standard InChI is InChI=1S/C6H4F6N2S/c7-3(8)5(9,6(10,11)12)2-1-14-4(13)15-2/h1,3H,(H2,13,14). The average molecular weight is 250 g/mol. The number of rotatable bonds is 2. The number of anilines is 1. The zero-order valence-electron chi connectivity index (χ0n) is 6.86. The molecule has 1 unspecified atom stereocenters. The molecule has 1 rings (SSSR count). The maximum absolute atomic E-state index is 13.2. The van der Waals surface area contributed by atoms with E-state index in [1.165, 1.54) is 0 Å². The Morgan fingerprint density at radius 1 is 1.27 bits per heavy atom. The second kappa shape index (κ2) is 3.54. The van der Waals surface area contributed by atoms with E-state index in [1.807, 2.05) is 0 Å². The highest BCUT2D eigenvalue weighted by Gasteiger charge is 2.65. The summed E-state index contributed by atoms with van der Waals surface area (Å²) in [4.78, 5) is 1.85. The summed E-state index contributed by atoms with van der Waals surface area (Å²) >= 11 is 0.0416. The predicted octanol–water partition coefficient (Wildman–Crippen LogP) is 2.72. The van der Waals surface area contributed by atoms with Crippen molar-refractivity contribution in [3.63, 3.8) is 0 Å². The van der Waals surface area contributed by atoms with E-state index in [4.69, 9.17) is 5.73 Å². The molecule has 2 nitrogen and oxygen atoms in total. The Balaban J connectivity index is 3.25. The number of hydrogen-bond donors (Lipinski definition) is 1. The van der Waals surface area contributed by atoms with Crippen molar-refractivity contribution < 1.29 is 26.3 Å². The van der Waals surface area contributed by atoms with Crippen LogP contribution in [0, 0.1) is 0 Å². The van der Waals surface area contributed by atoms with Gasteiger partial charge in [0.1, 0.15) is 0 Å². The van der Waals surface area contributed by atoms with E-state index in [9.17, 15) is 26.3 Å². The molecule has 0 radical (unpaired) electrons. The maximum atomic E-state index is 13.2. The largest absolute Gasteiger partial charge is 0.433 e. The van der Waals surface area contributed by atoms with Crippen LogP contribution in [0.15, 0.2) is 6.20 Å². The van der Waals surface area contributed by atoms with Gasteiger partial charge in [-0.15, -0.1) is 0 Å². The summed E-state index contributed by atoms with van der Waals surface area (Å²) in [7, 11) is 0. The van der Waals surface area contributed by atoms with Gasteiger partial charge in [0.05, 0.1) is 4.88 Å². The van der Waals surface area contributed by atoms with E-state index in [1.54, 1.807) is 0 Å². The Morgan fingerprint density at radius 3 is 2.07 bits per heavy atom. The minimum Gasteiger partial charge on any atom is -0.375 e. The Morgan fingerprint density at radius 2 is 1.80 bits per heavy atom. The van der Waals surface area contributed by atoms with E-state index < -0.39 is 28.3 Å². The molecule has 0 spiro atoms. The van der Waals surface area contributed by atoms with Crippen LogP contribution in [0.4, 0.5) is 31.5 Å². The molecule has 0 aliphatic carbocycles. The summed E-state index contributed by atoms with van der Waals surface area (Å²) in [6, 6.07) is 0. The fraction of sp³-hybridized carbons (Fsp3) is 0.500. The van der Waals surface area contributed by atoms with Crippen molar-refractivity contribution in [3.8, 4) is 0 Å². The van der Waals surface area contributed by atoms with Crippen LogP contribution in [0.5, 0.6) is 0 Å². The first kappa shape index (κ1) is 12.1. The third-order valence-corrected chi connectivity index (χ3v) is 2.53. The summed E-state index contributed by atoms with van der Waals surface area (Å²) in [5.41, 5.74) is 0.241. The number of halogens is 6. The van der Waals surface area contributed by atoms with Gasteiger partial charge in [0, 0.05) is 6.20 Å². The fourth-order valence-corrected chi connectivity index (χ4v) is 1.62. The second-order valence-electron chi connectivity index (χ2n) is 2.57. The highest BCUT2D eigenvalue weighted by atomic mass is 32.1. The number of thiazole rings is 1. The van der Waals surface area contributed by atoms with Crippen LogP contribution >= 0.6 is 11.3 Å². The van der Waals surface area contributed by atoms with E-state index in [2.05, 4.69) is 4.98 Å². The first-order valence-electron chi connectivity index (χ1n) is 3.45. The lowest BCUT2D eigenvalue weighted by Gasteiger charge is -2.25. The van der Waals surface area contributed by atoms with Gasteiger partial charge in [-0.1, -0.05) is 11.3 Å². The van der Waals surface area contributed by atoms with Crippen molar-refractivity contribution in [1.82, 2.24) is 4.98 Å². The highest BCUT2D eigenvalue weighted by molar-refractivity contribution is 7.15. The van der Waals surface area contributed by atoms with Gasteiger partial charge in [0.25, 0.3) is 6.43 Å². The van der Waals surface area contributed by atoms with Crippen molar-refractivity contribution in [1.29, 1.82) is 0 Å². The van der Waals surface area contributed by atoms with Crippen LogP contribution in [0.2, 0.25) is 0 Å². The van der Waals surface area contributed by atoms with E-state index >= 15 is 0 Å². The Hall–Kier alpha value is -0.990. The molecule has 0 bridgehead atoms.